The van der Waals surface area contributed by atoms with Gasteiger partial charge in [-0.05, 0) is 25.0 Å². The van der Waals surface area contributed by atoms with E-state index in [0.29, 0.717) is 11.3 Å². The summed E-state index contributed by atoms with van der Waals surface area (Å²) < 4.78 is 27.5. The number of hydrogen-bond donors (Lipinski definition) is 1. The van der Waals surface area contributed by atoms with E-state index in [1.165, 1.54) is 30.6 Å². The second kappa shape index (κ2) is 6.03. The Hall–Kier alpha value is -1.60. The van der Waals surface area contributed by atoms with Gasteiger partial charge in [0.15, 0.2) is 18.2 Å². The molecule has 112 valence electrons. The van der Waals surface area contributed by atoms with E-state index in [4.69, 9.17) is 0 Å². The van der Waals surface area contributed by atoms with Crippen LogP contribution in [0.15, 0.2) is 30.6 Å². The van der Waals surface area contributed by atoms with Crippen LogP contribution < -0.4 is 4.90 Å². The number of aliphatic hydroxyl groups excluding tert-OH is 1. The van der Waals surface area contributed by atoms with E-state index in [1.807, 2.05) is 4.90 Å². The molecule has 4 nitrogen and oxygen atoms in total. The van der Waals surface area contributed by atoms with Gasteiger partial charge >= 0.3 is 0 Å². The third-order valence-corrected chi connectivity index (χ3v) is 4.14. The quantitative estimate of drug-likeness (QED) is 0.942. The SMILES string of the molecule is OC(c1ccc(F)cc1N1CCCC1)c1nccn1SF. The van der Waals surface area contributed by atoms with Crippen molar-refractivity contribution in [1.29, 1.82) is 0 Å². The summed E-state index contributed by atoms with van der Waals surface area (Å²) in [6.45, 7) is 1.66. The molecule has 0 spiro atoms. The molecule has 1 saturated heterocycles. The number of aliphatic hydroxyl groups is 1. The first-order valence-corrected chi connectivity index (χ1v) is 7.43. The zero-order valence-electron chi connectivity index (χ0n) is 11.2. The highest BCUT2D eigenvalue weighted by atomic mass is 32.2. The number of halogens is 2. The minimum Gasteiger partial charge on any atom is -0.380 e. The van der Waals surface area contributed by atoms with Crippen molar-refractivity contribution >= 4 is 18.0 Å². The third-order valence-electron chi connectivity index (χ3n) is 3.69. The van der Waals surface area contributed by atoms with Gasteiger partial charge in [0, 0.05) is 36.7 Å². The van der Waals surface area contributed by atoms with Gasteiger partial charge in [-0.2, -0.15) is 0 Å². The van der Waals surface area contributed by atoms with E-state index in [0.717, 1.165) is 29.9 Å². The molecule has 21 heavy (non-hydrogen) atoms. The largest absolute Gasteiger partial charge is 0.380 e. The molecule has 1 aromatic heterocycles. The van der Waals surface area contributed by atoms with Crippen LogP contribution in [-0.4, -0.2) is 27.2 Å². The van der Waals surface area contributed by atoms with Crippen LogP contribution in [0.25, 0.3) is 0 Å². The zero-order chi connectivity index (χ0) is 14.8. The minimum atomic E-state index is -1.10. The highest BCUT2D eigenvalue weighted by molar-refractivity contribution is 7.92. The fraction of sp³-hybridized carbons (Fsp3) is 0.357. The van der Waals surface area contributed by atoms with Gasteiger partial charge in [-0.25, -0.2) is 13.3 Å². The number of benzene rings is 1. The van der Waals surface area contributed by atoms with Crippen LogP contribution in [0.4, 0.5) is 14.0 Å². The normalized spacial score (nSPS) is 16.4. The first-order valence-electron chi connectivity index (χ1n) is 6.75. The standard InChI is InChI=1S/C14H15F2N3OS/c15-10-3-4-11(12(9-10)18-6-1-2-7-18)13(20)14-17-5-8-19(14)21-16/h3-5,8-9,13,20H,1-2,6-7H2. The van der Waals surface area contributed by atoms with Crippen LogP contribution in [0.1, 0.15) is 30.3 Å². The molecule has 1 aromatic carbocycles. The molecule has 1 unspecified atom stereocenters. The van der Waals surface area contributed by atoms with Crippen molar-refractivity contribution in [2.45, 2.75) is 18.9 Å². The van der Waals surface area contributed by atoms with Crippen molar-refractivity contribution in [2.24, 2.45) is 0 Å². The van der Waals surface area contributed by atoms with Gasteiger partial charge in [0.05, 0.1) is 0 Å². The molecule has 3 rings (SSSR count). The summed E-state index contributed by atoms with van der Waals surface area (Å²) >= 11 is -0.0272. The van der Waals surface area contributed by atoms with E-state index < -0.39 is 6.10 Å². The van der Waals surface area contributed by atoms with Gasteiger partial charge in [0.25, 0.3) is 0 Å². The Morgan fingerprint density at radius 2 is 2.05 bits per heavy atom. The summed E-state index contributed by atoms with van der Waals surface area (Å²) in [7, 11) is 0. The number of anilines is 1. The Balaban J connectivity index is 2.01. The minimum absolute atomic E-state index is 0.0272. The van der Waals surface area contributed by atoms with Crippen LogP contribution in [0.2, 0.25) is 0 Å². The van der Waals surface area contributed by atoms with Crippen LogP contribution >= 0.6 is 12.3 Å². The topological polar surface area (TPSA) is 41.3 Å². The fourth-order valence-corrected chi connectivity index (χ4v) is 2.99. The highest BCUT2D eigenvalue weighted by Crippen LogP contribution is 2.33. The van der Waals surface area contributed by atoms with Crippen molar-refractivity contribution in [3.8, 4) is 0 Å². The van der Waals surface area contributed by atoms with Gasteiger partial charge in [0.1, 0.15) is 11.9 Å². The fourth-order valence-electron chi connectivity index (χ4n) is 2.67. The Morgan fingerprint density at radius 3 is 2.76 bits per heavy atom. The molecule has 1 fully saturated rings. The Bertz CT molecular complexity index is 628. The molecule has 0 bridgehead atoms. The van der Waals surface area contributed by atoms with Crippen molar-refractivity contribution in [3.05, 3.63) is 47.8 Å². The summed E-state index contributed by atoms with van der Waals surface area (Å²) in [5, 5.41) is 10.5. The van der Waals surface area contributed by atoms with Crippen molar-refractivity contribution in [3.63, 3.8) is 0 Å². The van der Waals surface area contributed by atoms with E-state index in [-0.39, 0.29) is 24.0 Å². The van der Waals surface area contributed by atoms with Crippen molar-refractivity contribution in [2.75, 3.05) is 18.0 Å². The van der Waals surface area contributed by atoms with Crippen molar-refractivity contribution < 1.29 is 13.4 Å². The first kappa shape index (κ1) is 14.3. The Kier molecular flexibility index (Phi) is 4.12. The van der Waals surface area contributed by atoms with Gasteiger partial charge in [0.2, 0.25) is 0 Å². The van der Waals surface area contributed by atoms with E-state index in [9.17, 15) is 13.4 Å². The average Bonchev–Trinajstić information content (AvgIpc) is 3.17. The summed E-state index contributed by atoms with van der Waals surface area (Å²) in [6.07, 6.45) is 3.84. The lowest BCUT2D eigenvalue weighted by Gasteiger charge is -2.23. The average molecular weight is 311 g/mol. The van der Waals surface area contributed by atoms with Crippen LogP contribution in [0.3, 0.4) is 0 Å². The van der Waals surface area contributed by atoms with Gasteiger partial charge in [-0.1, -0.05) is 6.07 Å². The molecule has 0 radical (unpaired) electrons. The summed E-state index contributed by atoms with van der Waals surface area (Å²) in [6, 6.07) is 4.25. The molecular formula is C14H15F2N3OS. The number of imidazole rings is 1. The van der Waals surface area contributed by atoms with Gasteiger partial charge < -0.3 is 10.0 Å². The zero-order valence-corrected chi connectivity index (χ0v) is 12.1. The molecule has 1 aliphatic rings. The number of nitrogens with zero attached hydrogens (tertiary/aromatic N) is 3. The molecule has 1 N–H and O–H groups in total. The molecule has 1 atom stereocenters. The second-order valence-electron chi connectivity index (χ2n) is 4.98. The van der Waals surface area contributed by atoms with Crippen LogP contribution in [0, 0.1) is 5.82 Å². The Morgan fingerprint density at radius 1 is 1.29 bits per heavy atom. The molecule has 0 amide bonds. The highest BCUT2D eigenvalue weighted by Gasteiger charge is 2.24. The molecule has 1 aliphatic heterocycles. The summed E-state index contributed by atoms with van der Waals surface area (Å²) in [5.41, 5.74) is 1.19. The van der Waals surface area contributed by atoms with E-state index in [1.54, 1.807) is 0 Å². The Labute approximate surface area is 125 Å². The molecule has 0 aliphatic carbocycles. The maximum Gasteiger partial charge on any atom is 0.170 e. The van der Waals surface area contributed by atoms with Crippen LogP contribution in [-0.2, 0) is 0 Å². The maximum atomic E-state index is 13.6. The predicted octanol–water partition coefficient (Wildman–Crippen LogP) is 3.08. The second-order valence-corrected chi connectivity index (χ2v) is 5.51. The number of hydrogen-bond acceptors (Lipinski definition) is 4. The third kappa shape index (κ3) is 2.75. The lowest BCUT2D eigenvalue weighted by Crippen LogP contribution is -2.21. The summed E-state index contributed by atoms with van der Waals surface area (Å²) in [4.78, 5) is 6.03. The molecular weight excluding hydrogens is 296 g/mol. The monoisotopic (exact) mass is 311 g/mol. The molecule has 0 saturated carbocycles. The lowest BCUT2D eigenvalue weighted by atomic mass is 10.1. The van der Waals surface area contributed by atoms with E-state index in [2.05, 4.69) is 4.98 Å². The number of aromatic nitrogens is 2. The molecule has 2 aromatic rings. The van der Waals surface area contributed by atoms with Crippen molar-refractivity contribution in [1.82, 2.24) is 8.96 Å². The smallest absolute Gasteiger partial charge is 0.170 e. The maximum absolute atomic E-state index is 13.6. The molecule has 2 heterocycles. The lowest BCUT2D eigenvalue weighted by molar-refractivity contribution is 0.210. The predicted molar refractivity (Wildman–Crippen MR) is 78.2 cm³/mol. The van der Waals surface area contributed by atoms with Gasteiger partial charge in [-0.3, -0.25) is 0 Å². The van der Waals surface area contributed by atoms with Crippen LogP contribution in [0.5, 0.6) is 0 Å². The van der Waals surface area contributed by atoms with E-state index >= 15 is 0 Å². The summed E-state index contributed by atoms with van der Waals surface area (Å²) in [5.74, 6) is -0.161. The molecule has 7 heteroatoms. The number of rotatable bonds is 4. The van der Waals surface area contributed by atoms with Gasteiger partial charge in [-0.15, -0.1) is 3.89 Å². The first-order chi connectivity index (χ1) is 10.2.